The molecule has 0 saturated heterocycles. The molecule has 0 saturated carbocycles. The standard InChI is InChI=1S/C10H11BrClNO2/c1-6(14)5-13-10(15)8-4-7(12)2-3-9(8)11/h2-4,6,14H,5H2,1H3,(H,13,15)/t6-/m0/s1. The van der Waals surface area contributed by atoms with Gasteiger partial charge >= 0.3 is 0 Å². The van der Waals surface area contributed by atoms with Gasteiger partial charge in [-0.1, -0.05) is 11.6 Å². The largest absolute Gasteiger partial charge is 0.392 e. The molecule has 2 N–H and O–H groups in total. The van der Waals surface area contributed by atoms with Crippen molar-refractivity contribution in [3.63, 3.8) is 0 Å². The van der Waals surface area contributed by atoms with Crippen LogP contribution in [0.4, 0.5) is 0 Å². The fourth-order valence-electron chi connectivity index (χ4n) is 1.01. The van der Waals surface area contributed by atoms with Crippen LogP contribution in [0.2, 0.25) is 5.02 Å². The highest BCUT2D eigenvalue weighted by atomic mass is 79.9. The molecule has 0 unspecified atom stereocenters. The first kappa shape index (κ1) is 12.5. The van der Waals surface area contributed by atoms with Crippen LogP contribution >= 0.6 is 27.5 Å². The van der Waals surface area contributed by atoms with E-state index in [-0.39, 0.29) is 12.5 Å². The van der Waals surface area contributed by atoms with Crippen LogP contribution in [0.3, 0.4) is 0 Å². The van der Waals surface area contributed by atoms with Gasteiger partial charge in [0, 0.05) is 16.0 Å². The molecule has 0 heterocycles. The van der Waals surface area contributed by atoms with Gasteiger partial charge in [0.05, 0.1) is 11.7 Å². The SMILES string of the molecule is C[C@H](O)CNC(=O)c1cc(Cl)ccc1Br. The Morgan fingerprint density at radius 3 is 2.93 bits per heavy atom. The Morgan fingerprint density at radius 1 is 1.67 bits per heavy atom. The molecule has 0 bridgehead atoms. The molecule has 0 aliphatic heterocycles. The molecular formula is C10H11BrClNO2. The third kappa shape index (κ3) is 3.81. The van der Waals surface area contributed by atoms with Crippen LogP contribution in [0.5, 0.6) is 0 Å². The van der Waals surface area contributed by atoms with Crippen molar-refractivity contribution in [1.29, 1.82) is 0 Å². The van der Waals surface area contributed by atoms with Crippen molar-refractivity contribution in [1.82, 2.24) is 5.32 Å². The first-order valence-electron chi connectivity index (χ1n) is 4.42. The molecule has 0 aliphatic carbocycles. The molecular weight excluding hydrogens is 281 g/mol. The van der Waals surface area contributed by atoms with Crippen LogP contribution in [0, 0.1) is 0 Å². The molecule has 0 aromatic heterocycles. The van der Waals surface area contributed by atoms with Crippen molar-refractivity contribution in [3.8, 4) is 0 Å². The van der Waals surface area contributed by atoms with E-state index in [1.807, 2.05) is 0 Å². The van der Waals surface area contributed by atoms with E-state index in [9.17, 15) is 4.79 Å². The highest BCUT2D eigenvalue weighted by molar-refractivity contribution is 9.10. The minimum atomic E-state index is -0.563. The second kappa shape index (κ2) is 5.49. The van der Waals surface area contributed by atoms with E-state index in [1.165, 1.54) is 0 Å². The lowest BCUT2D eigenvalue weighted by molar-refractivity contribution is 0.0923. The van der Waals surface area contributed by atoms with Crippen molar-refractivity contribution in [2.75, 3.05) is 6.54 Å². The van der Waals surface area contributed by atoms with Gasteiger partial charge in [0.2, 0.25) is 0 Å². The third-order valence-corrected chi connectivity index (χ3v) is 2.66. The zero-order valence-electron chi connectivity index (χ0n) is 8.13. The average Bonchev–Trinajstić information content (AvgIpc) is 2.18. The zero-order valence-corrected chi connectivity index (χ0v) is 10.5. The van der Waals surface area contributed by atoms with Crippen molar-refractivity contribution in [2.45, 2.75) is 13.0 Å². The van der Waals surface area contributed by atoms with Crippen molar-refractivity contribution in [3.05, 3.63) is 33.3 Å². The minimum absolute atomic E-state index is 0.220. The number of nitrogens with one attached hydrogen (secondary N) is 1. The Bertz CT molecular complexity index is 368. The summed E-state index contributed by atoms with van der Waals surface area (Å²) >= 11 is 9.03. The predicted octanol–water partition coefficient (Wildman–Crippen LogP) is 2.21. The van der Waals surface area contributed by atoms with E-state index >= 15 is 0 Å². The number of hydrogen-bond acceptors (Lipinski definition) is 2. The van der Waals surface area contributed by atoms with Gasteiger partial charge < -0.3 is 10.4 Å². The van der Waals surface area contributed by atoms with E-state index in [4.69, 9.17) is 16.7 Å². The fraction of sp³-hybridized carbons (Fsp3) is 0.300. The summed E-state index contributed by atoms with van der Waals surface area (Å²) in [7, 11) is 0. The number of aliphatic hydroxyl groups is 1. The van der Waals surface area contributed by atoms with Crippen LogP contribution in [0.1, 0.15) is 17.3 Å². The molecule has 82 valence electrons. The highest BCUT2D eigenvalue weighted by Crippen LogP contribution is 2.20. The molecule has 1 atom stereocenters. The summed E-state index contributed by atoms with van der Waals surface area (Å²) in [6, 6.07) is 4.97. The molecule has 3 nitrogen and oxygen atoms in total. The summed E-state index contributed by atoms with van der Waals surface area (Å²) in [4.78, 5) is 11.6. The number of halogens is 2. The first-order chi connectivity index (χ1) is 7.00. The molecule has 5 heteroatoms. The Labute approximate surface area is 102 Å². The van der Waals surface area contributed by atoms with Crippen molar-refractivity contribution in [2.24, 2.45) is 0 Å². The molecule has 0 aliphatic rings. The highest BCUT2D eigenvalue weighted by Gasteiger charge is 2.10. The van der Waals surface area contributed by atoms with Gasteiger partial charge in [-0.15, -0.1) is 0 Å². The van der Waals surface area contributed by atoms with Crippen LogP contribution in [-0.4, -0.2) is 23.7 Å². The van der Waals surface area contributed by atoms with Crippen LogP contribution in [0.25, 0.3) is 0 Å². The monoisotopic (exact) mass is 291 g/mol. The maximum Gasteiger partial charge on any atom is 0.252 e. The maximum absolute atomic E-state index is 11.6. The molecule has 0 fully saturated rings. The Balaban J connectivity index is 2.77. The summed E-state index contributed by atoms with van der Waals surface area (Å²) < 4.78 is 0.676. The number of carbonyl (C=O) groups excluding carboxylic acids is 1. The molecule has 1 aromatic rings. The zero-order chi connectivity index (χ0) is 11.4. The van der Waals surface area contributed by atoms with Gasteiger partial charge in [-0.2, -0.15) is 0 Å². The molecule has 15 heavy (non-hydrogen) atoms. The molecule has 1 aromatic carbocycles. The Hall–Kier alpha value is -0.580. The fourth-order valence-corrected chi connectivity index (χ4v) is 1.61. The molecule has 1 rings (SSSR count). The predicted molar refractivity (Wildman–Crippen MR) is 63.2 cm³/mol. The van der Waals surface area contributed by atoms with E-state index in [1.54, 1.807) is 25.1 Å². The minimum Gasteiger partial charge on any atom is -0.392 e. The van der Waals surface area contributed by atoms with Crippen LogP contribution in [-0.2, 0) is 0 Å². The van der Waals surface area contributed by atoms with Gasteiger partial charge in [0.25, 0.3) is 5.91 Å². The second-order valence-corrected chi connectivity index (χ2v) is 4.47. The van der Waals surface area contributed by atoms with Gasteiger partial charge in [0.15, 0.2) is 0 Å². The van der Waals surface area contributed by atoms with E-state index < -0.39 is 6.10 Å². The Morgan fingerprint density at radius 2 is 2.33 bits per heavy atom. The molecule has 1 amide bonds. The molecule has 0 spiro atoms. The second-order valence-electron chi connectivity index (χ2n) is 3.18. The van der Waals surface area contributed by atoms with Gasteiger partial charge in [-0.05, 0) is 41.1 Å². The van der Waals surface area contributed by atoms with E-state index in [2.05, 4.69) is 21.2 Å². The summed E-state index contributed by atoms with van der Waals surface area (Å²) in [5, 5.41) is 12.1. The lowest BCUT2D eigenvalue weighted by Crippen LogP contribution is -2.30. The van der Waals surface area contributed by atoms with Crippen LogP contribution in [0.15, 0.2) is 22.7 Å². The lowest BCUT2D eigenvalue weighted by Gasteiger charge is -2.08. The summed E-state index contributed by atoms with van der Waals surface area (Å²) in [6.45, 7) is 1.82. The summed E-state index contributed by atoms with van der Waals surface area (Å²) in [5.41, 5.74) is 0.461. The number of aliphatic hydroxyl groups excluding tert-OH is 1. The number of benzene rings is 1. The normalized spacial score (nSPS) is 12.3. The molecule has 0 radical (unpaired) electrons. The smallest absolute Gasteiger partial charge is 0.252 e. The van der Waals surface area contributed by atoms with Crippen LogP contribution < -0.4 is 5.32 Å². The maximum atomic E-state index is 11.6. The Kier molecular flexibility index (Phi) is 4.57. The summed E-state index contributed by atoms with van der Waals surface area (Å²) in [6.07, 6.45) is -0.563. The third-order valence-electron chi connectivity index (χ3n) is 1.73. The van der Waals surface area contributed by atoms with Gasteiger partial charge in [-0.25, -0.2) is 0 Å². The number of rotatable bonds is 3. The van der Waals surface area contributed by atoms with Crippen molar-refractivity contribution < 1.29 is 9.90 Å². The topological polar surface area (TPSA) is 49.3 Å². The lowest BCUT2D eigenvalue weighted by atomic mass is 10.2. The summed E-state index contributed by atoms with van der Waals surface area (Å²) in [5.74, 6) is -0.259. The number of amides is 1. The number of hydrogen-bond donors (Lipinski definition) is 2. The number of carbonyl (C=O) groups is 1. The van der Waals surface area contributed by atoms with Gasteiger partial charge in [0.1, 0.15) is 0 Å². The van der Waals surface area contributed by atoms with Crippen molar-refractivity contribution >= 4 is 33.4 Å². The van der Waals surface area contributed by atoms with E-state index in [0.29, 0.717) is 15.1 Å². The first-order valence-corrected chi connectivity index (χ1v) is 5.59. The average molecular weight is 293 g/mol. The van der Waals surface area contributed by atoms with Gasteiger partial charge in [-0.3, -0.25) is 4.79 Å². The quantitative estimate of drug-likeness (QED) is 0.897. The van der Waals surface area contributed by atoms with E-state index in [0.717, 1.165) is 0 Å².